The molecule has 0 bridgehead atoms. The normalized spacial score (nSPS) is 10.8. The van der Waals surface area contributed by atoms with Crippen LogP contribution in [0.15, 0.2) is 107 Å². The van der Waals surface area contributed by atoms with Gasteiger partial charge in [-0.25, -0.2) is 8.42 Å². The number of nitrogens with zero attached hydrogens (tertiary/aromatic N) is 2. The molecule has 4 nitrogen and oxygen atoms in total. The highest BCUT2D eigenvalue weighted by molar-refractivity contribution is 7.91. The number of rotatable bonds is 6. The van der Waals surface area contributed by atoms with Crippen LogP contribution in [0.2, 0.25) is 0 Å². The summed E-state index contributed by atoms with van der Waals surface area (Å²) in [5.41, 5.74) is 4.41. The second-order valence-electron chi connectivity index (χ2n) is 7.69. The first-order valence-corrected chi connectivity index (χ1v) is 11.9. The van der Waals surface area contributed by atoms with Crippen LogP contribution in [0.5, 0.6) is 0 Å². The Balaban J connectivity index is 1.71. The predicted octanol–water partition coefficient (Wildman–Crippen LogP) is 5.44. The summed E-state index contributed by atoms with van der Waals surface area (Å²) in [6.45, 7) is 0. The van der Waals surface area contributed by atoms with Gasteiger partial charge in [0.25, 0.3) is 0 Å². The van der Waals surface area contributed by atoms with E-state index in [0.717, 1.165) is 11.1 Å². The molecule has 0 saturated heterocycles. The van der Waals surface area contributed by atoms with Crippen molar-refractivity contribution in [1.82, 2.24) is 0 Å². The maximum Gasteiger partial charge on any atom is 0.207 e. The number of benzene rings is 4. The number of hydrogen-bond donors (Lipinski definition) is 0. The molecule has 0 fully saturated rings. The van der Waals surface area contributed by atoms with Gasteiger partial charge in [0, 0.05) is 0 Å². The molecule has 0 unspecified atom stereocenters. The maximum atomic E-state index is 13.8. The Labute approximate surface area is 193 Å². The first-order chi connectivity index (χ1) is 16.0. The monoisotopic (exact) mass is 448 g/mol. The lowest BCUT2D eigenvalue weighted by molar-refractivity contribution is 0.594. The van der Waals surface area contributed by atoms with Crippen LogP contribution in [0.4, 0.5) is 0 Å². The van der Waals surface area contributed by atoms with Crippen LogP contribution in [0.25, 0.3) is 0 Å². The van der Waals surface area contributed by atoms with Gasteiger partial charge >= 0.3 is 0 Å². The van der Waals surface area contributed by atoms with Gasteiger partial charge in [-0.1, -0.05) is 60.7 Å². The van der Waals surface area contributed by atoms with Crippen LogP contribution >= 0.6 is 0 Å². The highest BCUT2D eigenvalue weighted by atomic mass is 32.2. The maximum absolute atomic E-state index is 13.8. The topological polar surface area (TPSA) is 81.7 Å². The fourth-order valence-corrected chi connectivity index (χ4v) is 5.50. The average Bonchev–Trinajstić information content (AvgIpc) is 2.85. The second-order valence-corrected chi connectivity index (χ2v) is 9.58. The van der Waals surface area contributed by atoms with Gasteiger partial charge < -0.3 is 0 Å². The molecule has 4 aromatic rings. The smallest absolute Gasteiger partial charge is 0.207 e. The summed E-state index contributed by atoms with van der Waals surface area (Å²) in [7, 11) is -3.77. The molecule has 0 atom stereocenters. The van der Waals surface area contributed by atoms with E-state index >= 15 is 0 Å². The third kappa shape index (κ3) is 4.85. The minimum absolute atomic E-state index is 0.279. The number of nitriles is 2. The van der Waals surface area contributed by atoms with Crippen molar-refractivity contribution >= 4 is 9.84 Å². The summed E-state index contributed by atoms with van der Waals surface area (Å²) in [5.74, 6) is 0. The molecule has 4 rings (SSSR count). The molecule has 4 aromatic carbocycles. The van der Waals surface area contributed by atoms with Gasteiger partial charge in [-0.3, -0.25) is 0 Å². The third-order valence-electron chi connectivity index (χ3n) is 5.48. The Hall–Kier alpha value is -4.19. The van der Waals surface area contributed by atoms with E-state index in [9.17, 15) is 8.42 Å². The number of hydrogen-bond acceptors (Lipinski definition) is 4. The summed E-state index contributed by atoms with van der Waals surface area (Å²) < 4.78 is 27.5. The van der Waals surface area contributed by atoms with E-state index < -0.39 is 9.84 Å². The van der Waals surface area contributed by atoms with Crippen LogP contribution in [-0.4, -0.2) is 8.42 Å². The Bertz CT molecular complexity index is 1370. The van der Waals surface area contributed by atoms with E-state index in [4.69, 9.17) is 10.5 Å². The molecule has 0 saturated carbocycles. The lowest BCUT2D eigenvalue weighted by atomic mass is 10.0. The van der Waals surface area contributed by atoms with Crippen molar-refractivity contribution in [2.75, 3.05) is 0 Å². The highest BCUT2D eigenvalue weighted by Crippen LogP contribution is 2.29. The predicted molar refractivity (Wildman–Crippen MR) is 126 cm³/mol. The van der Waals surface area contributed by atoms with Crippen LogP contribution in [0, 0.1) is 22.7 Å². The summed E-state index contributed by atoms with van der Waals surface area (Å²) in [6, 6.07) is 32.6. The van der Waals surface area contributed by atoms with Gasteiger partial charge in [0.2, 0.25) is 9.84 Å². The fourth-order valence-electron chi connectivity index (χ4n) is 3.78. The lowest BCUT2D eigenvalue weighted by Gasteiger charge is -2.14. The molecule has 0 spiro atoms. The molecule has 0 aliphatic carbocycles. The summed E-state index contributed by atoms with van der Waals surface area (Å²) in [5, 5.41) is 18.0. The Morgan fingerprint density at radius 1 is 0.545 bits per heavy atom. The quantitative estimate of drug-likeness (QED) is 0.393. The average molecular weight is 449 g/mol. The fraction of sp³-hybridized carbons (Fsp3) is 0.0714. The standard InChI is InChI=1S/C28H20N2O2S/c29-19-23-13-9-21(10-14-23)17-25-5-1-3-7-27(25)33(31,32)28-8-4-2-6-26(28)18-22-11-15-24(20-30)16-12-22/h1-16H,17-18H2. The minimum atomic E-state index is -3.77. The van der Waals surface area contributed by atoms with Crippen molar-refractivity contribution in [3.63, 3.8) is 0 Å². The van der Waals surface area contributed by atoms with Crippen molar-refractivity contribution in [1.29, 1.82) is 10.5 Å². The first-order valence-electron chi connectivity index (χ1n) is 10.4. The van der Waals surface area contributed by atoms with Crippen LogP contribution < -0.4 is 0 Å². The molecule has 0 amide bonds. The van der Waals surface area contributed by atoms with Crippen LogP contribution in [0.3, 0.4) is 0 Å². The van der Waals surface area contributed by atoms with Crippen molar-refractivity contribution in [3.8, 4) is 12.1 Å². The molecule has 0 aliphatic heterocycles. The molecule has 0 heterocycles. The van der Waals surface area contributed by atoms with Gasteiger partial charge in [0.15, 0.2) is 0 Å². The van der Waals surface area contributed by atoms with Gasteiger partial charge in [-0.05, 0) is 71.5 Å². The summed E-state index contributed by atoms with van der Waals surface area (Å²) in [4.78, 5) is 0.559. The zero-order valence-electron chi connectivity index (χ0n) is 17.8. The Kier molecular flexibility index (Phi) is 6.36. The molecular weight excluding hydrogens is 428 g/mol. The van der Waals surface area contributed by atoms with Gasteiger partial charge in [0.1, 0.15) is 0 Å². The van der Waals surface area contributed by atoms with E-state index in [1.807, 2.05) is 48.5 Å². The SMILES string of the molecule is N#Cc1ccc(Cc2ccccc2S(=O)(=O)c2ccccc2Cc2ccc(C#N)cc2)cc1. The van der Waals surface area contributed by atoms with Crippen molar-refractivity contribution in [2.45, 2.75) is 22.6 Å². The van der Waals surface area contributed by atoms with Crippen molar-refractivity contribution in [3.05, 3.63) is 130 Å². The molecule has 0 radical (unpaired) electrons. The van der Waals surface area contributed by atoms with Gasteiger partial charge in [-0.15, -0.1) is 0 Å². The van der Waals surface area contributed by atoms with E-state index in [2.05, 4.69) is 12.1 Å². The van der Waals surface area contributed by atoms with Gasteiger partial charge in [0.05, 0.1) is 33.1 Å². The molecule has 5 heteroatoms. The largest absolute Gasteiger partial charge is 0.218 e. The van der Waals surface area contributed by atoms with Crippen molar-refractivity contribution in [2.24, 2.45) is 0 Å². The van der Waals surface area contributed by atoms with E-state index in [1.165, 1.54) is 0 Å². The Morgan fingerprint density at radius 3 is 1.27 bits per heavy atom. The van der Waals surface area contributed by atoms with E-state index in [0.29, 0.717) is 35.1 Å². The lowest BCUT2D eigenvalue weighted by Crippen LogP contribution is -2.09. The van der Waals surface area contributed by atoms with Crippen LogP contribution in [-0.2, 0) is 22.7 Å². The van der Waals surface area contributed by atoms with Crippen molar-refractivity contribution < 1.29 is 8.42 Å². The molecule has 0 N–H and O–H groups in total. The summed E-state index contributed by atoms with van der Waals surface area (Å²) >= 11 is 0. The van der Waals surface area contributed by atoms with E-state index in [-0.39, 0.29) is 9.79 Å². The van der Waals surface area contributed by atoms with Crippen LogP contribution in [0.1, 0.15) is 33.4 Å². The molecule has 160 valence electrons. The number of sulfone groups is 1. The molecule has 33 heavy (non-hydrogen) atoms. The molecule has 0 aliphatic rings. The zero-order chi connectivity index (χ0) is 23.3. The highest BCUT2D eigenvalue weighted by Gasteiger charge is 2.24. The molecule has 0 aromatic heterocycles. The van der Waals surface area contributed by atoms with E-state index in [1.54, 1.807) is 48.5 Å². The third-order valence-corrected chi connectivity index (χ3v) is 7.43. The molecular formula is C28H20N2O2S. The summed E-state index contributed by atoms with van der Waals surface area (Å²) in [6.07, 6.45) is 0.887. The Morgan fingerprint density at radius 2 is 0.909 bits per heavy atom. The van der Waals surface area contributed by atoms with Gasteiger partial charge in [-0.2, -0.15) is 10.5 Å². The zero-order valence-corrected chi connectivity index (χ0v) is 18.6. The minimum Gasteiger partial charge on any atom is -0.218 e. The second kappa shape index (κ2) is 9.53. The first kappa shape index (κ1) is 22.0.